The van der Waals surface area contributed by atoms with Crippen molar-refractivity contribution in [1.82, 2.24) is 20.2 Å². The van der Waals surface area contributed by atoms with Gasteiger partial charge in [0.15, 0.2) is 0 Å². The fourth-order valence-electron chi connectivity index (χ4n) is 3.61. The van der Waals surface area contributed by atoms with Gasteiger partial charge in [-0.05, 0) is 38.1 Å². The summed E-state index contributed by atoms with van der Waals surface area (Å²) >= 11 is 0. The largest absolute Gasteiger partial charge is 0.493 e. The van der Waals surface area contributed by atoms with Crippen molar-refractivity contribution >= 4 is 5.82 Å². The van der Waals surface area contributed by atoms with E-state index < -0.39 is 11.7 Å². The summed E-state index contributed by atoms with van der Waals surface area (Å²) in [5.41, 5.74) is 1.78. The molecule has 0 saturated carbocycles. The lowest BCUT2D eigenvalue weighted by Crippen LogP contribution is -2.39. The molecular weight excluding hydrogens is 423 g/mol. The van der Waals surface area contributed by atoms with Crippen molar-refractivity contribution in [2.24, 2.45) is 0 Å². The number of nitrogens with one attached hydrogen (secondary N) is 1. The third-order valence-electron chi connectivity index (χ3n) is 5.13. The van der Waals surface area contributed by atoms with Gasteiger partial charge in [-0.15, -0.1) is 0 Å². The van der Waals surface area contributed by atoms with Crippen LogP contribution in [-0.2, 0) is 17.3 Å². The zero-order valence-electron chi connectivity index (χ0n) is 17.8. The first-order valence-electron chi connectivity index (χ1n) is 10.3. The molecule has 1 aliphatic rings. The second-order valence-corrected chi connectivity index (χ2v) is 7.66. The predicted molar refractivity (Wildman–Crippen MR) is 112 cm³/mol. The van der Waals surface area contributed by atoms with Crippen molar-refractivity contribution in [3.63, 3.8) is 0 Å². The van der Waals surface area contributed by atoms with Crippen LogP contribution in [0.3, 0.4) is 0 Å². The van der Waals surface area contributed by atoms with Crippen molar-refractivity contribution in [3.8, 4) is 5.75 Å². The normalized spacial score (nSPS) is 16.9. The van der Waals surface area contributed by atoms with Crippen LogP contribution in [0.1, 0.15) is 34.6 Å². The highest BCUT2D eigenvalue weighted by Gasteiger charge is 2.30. The molecule has 1 aromatic carbocycles. The quantitative estimate of drug-likeness (QED) is 0.615. The molecule has 1 aliphatic heterocycles. The summed E-state index contributed by atoms with van der Waals surface area (Å²) in [5.74, 6) is 1.78. The summed E-state index contributed by atoms with van der Waals surface area (Å²) in [6.45, 7) is 5.93. The number of ether oxygens (including phenoxy) is 2. The van der Waals surface area contributed by atoms with Crippen molar-refractivity contribution in [2.45, 2.75) is 32.5 Å². The van der Waals surface area contributed by atoms with Crippen LogP contribution in [0, 0.1) is 13.8 Å². The molecule has 3 aromatic rings. The van der Waals surface area contributed by atoms with E-state index in [0.29, 0.717) is 19.6 Å². The number of hydrogen-bond acceptors (Lipinski definition) is 6. The number of morpholine rings is 1. The van der Waals surface area contributed by atoms with E-state index in [1.165, 1.54) is 12.1 Å². The lowest BCUT2D eigenvalue weighted by atomic mass is 10.2. The van der Waals surface area contributed by atoms with Gasteiger partial charge in [0.05, 0.1) is 31.0 Å². The summed E-state index contributed by atoms with van der Waals surface area (Å²) in [5, 5.41) is 7.33. The van der Waals surface area contributed by atoms with Crippen LogP contribution in [0.15, 0.2) is 36.4 Å². The Balaban J connectivity index is 1.34. The monoisotopic (exact) mass is 447 g/mol. The highest BCUT2D eigenvalue weighted by atomic mass is 19.4. The lowest BCUT2D eigenvalue weighted by molar-refractivity contribution is -0.137. The topological polar surface area (TPSA) is 76.2 Å². The Kier molecular flexibility index (Phi) is 6.31. The van der Waals surface area contributed by atoms with E-state index in [2.05, 4.69) is 25.1 Å². The van der Waals surface area contributed by atoms with E-state index in [1.54, 1.807) is 0 Å². The molecule has 0 spiro atoms. The van der Waals surface area contributed by atoms with Gasteiger partial charge in [-0.2, -0.15) is 18.3 Å². The van der Waals surface area contributed by atoms with Gasteiger partial charge < -0.3 is 14.4 Å². The van der Waals surface area contributed by atoms with Gasteiger partial charge in [-0.1, -0.05) is 6.07 Å². The van der Waals surface area contributed by atoms with Gasteiger partial charge in [0, 0.05) is 30.4 Å². The van der Waals surface area contributed by atoms with Gasteiger partial charge in [0.1, 0.15) is 23.5 Å². The van der Waals surface area contributed by atoms with Crippen molar-refractivity contribution in [1.29, 1.82) is 0 Å². The second-order valence-electron chi connectivity index (χ2n) is 7.66. The van der Waals surface area contributed by atoms with Gasteiger partial charge in [0.25, 0.3) is 0 Å². The molecule has 3 heterocycles. The smallest absolute Gasteiger partial charge is 0.416 e. The number of aromatic nitrogens is 4. The van der Waals surface area contributed by atoms with Crippen molar-refractivity contribution in [3.05, 3.63) is 64.9 Å². The fourth-order valence-corrected chi connectivity index (χ4v) is 3.61. The first-order chi connectivity index (χ1) is 15.3. The van der Waals surface area contributed by atoms with Crippen molar-refractivity contribution < 1.29 is 22.6 Å². The van der Waals surface area contributed by atoms with Gasteiger partial charge >= 0.3 is 6.18 Å². The number of benzene rings is 1. The molecule has 32 heavy (non-hydrogen) atoms. The Morgan fingerprint density at radius 2 is 2.03 bits per heavy atom. The SMILES string of the molecule is Cc1cc(N2CCO[C@H](c3cc(CCOc4cccc(C(F)(F)F)c4)[nH]n3)C2)nc(C)n1. The maximum atomic E-state index is 12.8. The number of nitrogens with zero attached hydrogens (tertiary/aromatic N) is 4. The zero-order valence-corrected chi connectivity index (χ0v) is 17.8. The molecule has 0 unspecified atom stereocenters. The van der Waals surface area contributed by atoms with Gasteiger partial charge in [-0.3, -0.25) is 5.10 Å². The van der Waals surface area contributed by atoms with Crippen LogP contribution < -0.4 is 9.64 Å². The highest BCUT2D eigenvalue weighted by Crippen LogP contribution is 2.31. The molecule has 7 nitrogen and oxygen atoms in total. The third kappa shape index (κ3) is 5.37. The van der Waals surface area contributed by atoms with E-state index in [0.717, 1.165) is 47.4 Å². The number of H-pyrrole nitrogens is 1. The second kappa shape index (κ2) is 9.15. The number of anilines is 1. The molecule has 0 aliphatic carbocycles. The Bertz CT molecular complexity index is 1050. The summed E-state index contributed by atoms with van der Waals surface area (Å²) in [6, 6.07) is 8.72. The van der Waals surface area contributed by atoms with E-state index in [1.807, 2.05) is 26.0 Å². The Morgan fingerprint density at radius 3 is 2.81 bits per heavy atom. The number of hydrogen-bond donors (Lipinski definition) is 1. The average molecular weight is 447 g/mol. The van der Waals surface area contributed by atoms with Crippen LogP contribution in [0.25, 0.3) is 0 Å². The number of rotatable bonds is 6. The molecule has 1 N–H and O–H groups in total. The molecule has 0 radical (unpaired) electrons. The standard InChI is InChI=1S/C22H24F3N5O2/c1-14-10-21(27-15(2)26-14)30-7-9-32-20(13-30)19-12-17(28-29-19)6-8-31-18-5-3-4-16(11-18)22(23,24)25/h3-5,10-12,20H,6-9,13H2,1-2H3,(H,28,29)/t20-/m0/s1. The van der Waals surface area contributed by atoms with E-state index in [4.69, 9.17) is 9.47 Å². The summed E-state index contributed by atoms with van der Waals surface area (Å²) < 4.78 is 49.9. The molecular formula is C22H24F3N5O2. The molecule has 10 heteroatoms. The Labute approximate surface area is 183 Å². The van der Waals surface area contributed by atoms with E-state index in [9.17, 15) is 13.2 Å². The number of aryl methyl sites for hydroxylation is 2. The predicted octanol–water partition coefficient (Wildman–Crippen LogP) is 4.03. The van der Waals surface area contributed by atoms with Crippen LogP contribution in [0.2, 0.25) is 0 Å². The molecule has 1 fully saturated rings. The molecule has 0 amide bonds. The third-order valence-corrected chi connectivity index (χ3v) is 5.13. The minimum Gasteiger partial charge on any atom is -0.493 e. The summed E-state index contributed by atoms with van der Waals surface area (Å²) in [4.78, 5) is 11.0. The molecule has 1 atom stereocenters. The maximum absolute atomic E-state index is 12.8. The summed E-state index contributed by atoms with van der Waals surface area (Å²) in [6.07, 6.45) is -4.13. The Hall–Kier alpha value is -3.14. The summed E-state index contributed by atoms with van der Waals surface area (Å²) in [7, 11) is 0. The first-order valence-corrected chi connectivity index (χ1v) is 10.3. The minimum atomic E-state index is -4.39. The maximum Gasteiger partial charge on any atom is 0.416 e. The Morgan fingerprint density at radius 1 is 1.19 bits per heavy atom. The molecule has 0 bridgehead atoms. The molecule has 170 valence electrons. The van der Waals surface area contributed by atoms with Crippen LogP contribution in [0.4, 0.5) is 19.0 Å². The number of aromatic amines is 1. The molecule has 2 aromatic heterocycles. The molecule has 4 rings (SSSR count). The number of alkyl halides is 3. The zero-order chi connectivity index (χ0) is 22.7. The fraction of sp³-hybridized carbons (Fsp3) is 0.409. The minimum absolute atomic E-state index is 0.182. The first kappa shape index (κ1) is 22.1. The molecule has 1 saturated heterocycles. The van der Waals surface area contributed by atoms with Crippen molar-refractivity contribution in [2.75, 3.05) is 31.2 Å². The highest BCUT2D eigenvalue weighted by molar-refractivity contribution is 5.40. The van der Waals surface area contributed by atoms with Crippen LogP contribution >= 0.6 is 0 Å². The van der Waals surface area contributed by atoms with E-state index in [-0.39, 0.29) is 18.5 Å². The average Bonchev–Trinajstić information content (AvgIpc) is 3.22. The van der Waals surface area contributed by atoms with Crippen LogP contribution in [0.5, 0.6) is 5.75 Å². The number of halogens is 3. The van der Waals surface area contributed by atoms with Crippen LogP contribution in [-0.4, -0.2) is 46.5 Å². The van der Waals surface area contributed by atoms with E-state index >= 15 is 0 Å². The lowest BCUT2D eigenvalue weighted by Gasteiger charge is -2.33. The van der Waals surface area contributed by atoms with Gasteiger partial charge in [0.2, 0.25) is 0 Å². The van der Waals surface area contributed by atoms with Gasteiger partial charge in [-0.25, -0.2) is 9.97 Å².